The molecule has 0 saturated carbocycles. The number of benzene rings is 2. The van der Waals surface area contributed by atoms with Gasteiger partial charge in [-0.3, -0.25) is 4.79 Å². The predicted molar refractivity (Wildman–Crippen MR) is 94.8 cm³/mol. The molecule has 6 nitrogen and oxygen atoms in total. The second-order valence-corrected chi connectivity index (χ2v) is 5.58. The third kappa shape index (κ3) is 7.27. The van der Waals surface area contributed by atoms with Gasteiger partial charge in [0, 0.05) is 17.4 Å². The van der Waals surface area contributed by atoms with Crippen LogP contribution in [0, 0.1) is 0 Å². The SMILES string of the molecule is COc1cccc(NC(=O)Nc2ccc(CC(=O)NCC(F)(F)F)cc2)c1. The zero-order valence-electron chi connectivity index (χ0n) is 14.4. The molecule has 0 radical (unpaired) electrons. The Kier molecular flexibility index (Phi) is 6.64. The molecule has 0 aromatic heterocycles. The molecule has 0 aliphatic carbocycles. The topological polar surface area (TPSA) is 79.5 Å². The highest BCUT2D eigenvalue weighted by Gasteiger charge is 2.27. The minimum Gasteiger partial charge on any atom is -0.497 e. The van der Waals surface area contributed by atoms with Crippen LogP contribution in [0.3, 0.4) is 0 Å². The van der Waals surface area contributed by atoms with Crippen molar-refractivity contribution in [2.24, 2.45) is 0 Å². The largest absolute Gasteiger partial charge is 0.497 e. The molecule has 2 aromatic rings. The molecule has 0 saturated heterocycles. The summed E-state index contributed by atoms with van der Waals surface area (Å²) in [6, 6.07) is 12.6. The van der Waals surface area contributed by atoms with Gasteiger partial charge in [0.15, 0.2) is 0 Å². The minimum absolute atomic E-state index is 0.188. The second-order valence-electron chi connectivity index (χ2n) is 5.58. The van der Waals surface area contributed by atoms with E-state index in [1.165, 1.54) is 7.11 Å². The molecular weight excluding hydrogens is 363 g/mol. The van der Waals surface area contributed by atoms with E-state index in [0.717, 1.165) is 0 Å². The Morgan fingerprint density at radius 2 is 1.67 bits per heavy atom. The molecule has 0 aliphatic heterocycles. The molecule has 144 valence electrons. The highest BCUT2D eigenvalue weighted by Crippen LogP contribution is 2.17. The summed E-state index contributed by atoms with van der Waals surface area (Å²) in [4.78, 5) is 23.5. The molecule has 2 rings (SSSR count). The van der Waals surface area contributed by atoms with Crippen LogP contribution in [0.2, 0.25) is 0 Å². The second kappa shape index (κ2) is 8.93. The first-order valence-electron chi connectivity index (χ1n) is 7.89. The van der Waals surface area contributed by atoms with Gasteiger partial charge in [0.25, 0.3) is 0 Å². The summed E-state index contributed by atoms with van der Waals surface area (Å²) in [6.45, 7) is -1.37. The molecule has 0 atom stereocenters. The first kappa shape index (κ1) is 20.1. The van der Waals surface area contributed by atoms with Crippen molar-refractivity contribution in [2.75, 3.05) is 24.3 Å². The number of hydrogen-bond donors (Lipinski definition) is 3. The molecule has 9 heteroatoms. The maximum absolute atomic E-state index is 12.1. The number of anilines is 2. The number of carbonyl (C=O) groups excluding carboxylic acids is 2. The number of amides is 3. The van der Waals surface area contributed by atoms with Gasteiger partial charge in [-0.25, -0.2) is 4.79 Å². The van der Waals surface area contributed by atoms with Gasteiger partial charge >= 0.3 is 12.2 Å². The van der Waals surface area contributed by atoms with E-state index in [1.54, 1.807) is 53.8 Å². The Balaban J connectivity index is 1.85. The number of urea groups is 1. The van der Waals surface area contributed by atoms with Gasteiger partial charge in [-0.15, -0.1) is 0 Å². The maximum Gasteiger partial charge on any atom is 0.405 e. The van der Waals surface area contributed by atoms with Gasteiger partial charge in [0.05, 0.1) is 13.5 Å². The van der Waals surface area contributed by atoms with Crippen molar-refractivity contribution in [3.63, 3.8) is 0 Å². The quantitative estimate of drug-likeness (QED) is 0.716. The number of alkyl halides is 3. The average molecular weight is 381 g/mol. The number of halogens is 3. The molecule has 0 aliphatic rings. The van der Waals surface area contributed by atoms with Crippen LogP contribution in [-0.4, -0.2) is 31.8 Å². The van der Waals surface area contributed by atoms with E-state index < -0.39 is 24.7 Å². The smallest absolute Gasteiger partial charge is 0.405 e. The summed E-state index contributed by atoms with van der Waals surface area (Å²) in [5.41, 5.74) is 1.54. The Hall–Kier alpha value is -3.23. The number of nitrogens with one attached hydrogen (secondary N) is 3. The lowest BCUT2D eigenvalue weighted by atomic mass is 10.1. The monoisotopic (exact) mass is 381 g/mol. The molecule has 3 N–H and O–H groups in total. The lowest BCUT2D eigenvalue weighted by Crippen LogP contribution is -2.34. The van der Waals surface area contributed by atoms with Crippen molar-refractivity contribution in [1.82, 2.24) is 5.32 Å². The summed E-state index contributed by atoms with van der Waals surface area (Å²) in [7, 11) is 1.52. The number of hydrogen-bond acceptors (Lipinski definition) is 3. The van der Waals surface area contributed by atoms with Gasteiger partial charge in [-0.05, 0) is 29.8 Å². The standard InChI is InChI=1S/C18H18F3N3O3/c1-27-15-4-2-3-14(10-15)24-17(26)23-13-7-5-12(6-8-13)9-16(25)22-11-18(19,20)21/h2-8,10H,9,11H2,1H3,(H,22,25)(H2,23,24,26). The van der Waals surface area contributed by atoms with Crippen molar-refractivity contribution in [1.29, 1.82) is 0 Å². The van der Waals surface area contributed by atoms with Crippen LogP contribution >= 0.6 is 0 Å². The van der Waals surface area contributed by atoms with E-state index in [0.29, 0.717) is 22.7 Å². The fourth-order valence-corrected chi connectivity index (χ4v) is 2.15. The van der Waals surface area contributed by atoms with Gasteiger partial charge in [0.1, 0.15) is 12.3 Å². The minimum atomic E-state index is -4.44. The maximum atomic E-state index is 12.1. The van der Waals surface area contributed by atoms with Crippen LogP contribution in [0.1, 0.15) is 5.56 Å². The van der Waals surface area contributed by atoms with Crippen LogP contribution in [0.15, 0.2) is 48.5 Å². The molecular formula is C18H18F3N3O3. The van der Waals surface area contributed by atoms with E-state index in [4.69, 9.17) is 4.74 Å². The third-order valence-corrected chi connectivity index (χ3v) is 3.39. The lowest BCUT2D eigenvalue weighted by Gasteiger charge is -2.10. The van der Waals surface area contributed by atoms with E-state index in [1.807, 2.05) is 0 Å². The van der Waals surface area contributed by atoms with Crippen LogP contribution < -0.4 is 20.7 Å². The van der Waals surface area contributed by atoms with Crippen LogP contribution in [0.5, 0.6) is 5.75 Å². The van der Waals surface area contributed by atoms with Gasteiger partial charge in [-0.1, -0.05) is 18.2 Å². The van der Waals surface area contributed by atoms with E-state index in [9.17, 15) is 22.8 Å². The molecule has 0 heterocycles. The van der Waals surface area contributed by atoms with Gasteiger partial charge < -0.3 is 20.7 Å². The Bertz CT molecular complexity index is 792. The zero-order valence-corrected chi connectivity index (χ0v) is 14.4. The molecule has 27 heavy (non-hydrogen) atoms. The van der Waals surface area contributed by atoms with Crippen LogP contribution in [0.4, 0.5) is 29.3 Å². The highest BCUT2D eigenvalue weighted by atomic mass is 19.4. The van der Waals surface area contributed by atoms with Crippen LogP contribution in [-0.2, 0) is 11.2 Å². The first-order chi connectivity index (χ1) is 12.7. The molecule has 3 amide bonds. The predicted octanol–water partition coefficient (Wildman–Crippen LogP) is 3.56. The number of methoxy groups -OCH3 is 1. The first-order valence-corrected chi connectivity index (χ1v) is 7.89. The summed E-state index contributed by atoms with van der Waals surface area (Å²) < 4.78 is 41.2. The van der Waals surface area contributed by atoms with Crippen molar-refractivity contribution in [3.8, 4) is 5.75 Å². The van der Waals surface area contributed by atoms with Gasteiger partial charge in [0.2, 0.25) is 5.91 Å². The lowest BCUT2D eigenvalue weighted by molar-refractivity contribution is -0.138. The summed E-state index contributed by atoms with van der Waals surface area (Å²) in [5.74, 6) is -0.134. The fraction of sp³-hybridized carbons (Fsp3) is 0.222. The van der Waals surface area contributed by atoms with Crippen molar-refractivity contribution in [2.45, 2.75) is 12.6 Å². The van der Waals surface area contributed by atoms with E-state index in [2.05, 4.69) is 10.6 Å². The summed E-state index contributed by atoms with van der Waals surface area (Å²) in [5, 5.41) is 7.06. The average Bonchev–Trinajstić information content (AvgIpc) is 2.61. The number of carbonyl (C=O) groups is 2. The third-order valence-electron chi connectivity index (χ3n) is 3.39. The molecule has 0 bridgehead atoms. The van der Waals surface area contributed by atoms with E-state index in [-0.39, 0.29) is 6.42 Å². The molecule has 0 spiro atoms. The molecule has 0 unspecified atom stereocenters. The van der Waals surface area contributed by atoms with Crippen LogP contribution in [0.25, 0.3) is 0 Å². The summed E-state index contributed by atoms with van der Waals surface area (Å²) >= 11 is 0. The number of rotatable bonds is 6. The van der Waals surface area contributed by atoms with Crippen molar-refractivity contribution < 1.29 is 27.5 Å². The zero-order chi connectivity index (χ0) is 19.9. The Morgan fingerprint density at radius 1 is 1.00 bits per heavy atom. The highest BCUT2D eigenvalue weighted by molar-refractivity contribution is 5.99. The van der Waals surface area contributed by atoms with Crippen molar-refractivity contribution >= 4 is 23.3 Å². The van der Waals surface area contributed by atoms with Crippen molar-refractivity contribution in [3.05, 3.63) is 54.1 Å². The van der Waals surface area contributed by atoms with Gasteiger partial charge in [-0.2, -0.15) is 13.2 Å². The van der Waals surface area contributed by atoms with E-state index >= 15 is 0 Å². The Morgan fingerprint density at radius 3 is 2.30 bits per heavy atom. The Labute approximate surface area is 153 Å². The number of ether oxygens (including phenoxy) is 1. The molecule has 0 fully saturated rings. The molecule has 2 aromatic carbocycles. The normalized spacial score (nSPS) is 10.8. The summed E-state index contributed by atoms with van der Waals surface area (Å²) in [6.07, 6.45) is -4.63. The fourth-order valence-electron chi connectivity index (χ4n) is 2.15.